The van der Waals surface area contributed by atoms with E-state index in [1.54, 1.807) is 0 Å². The summed E-state index contributed by atoms with van der Waals surface area (Å²) in [6.07, 6.45) is 2.34. The number of piperidine rings is 1. The van der Waals surface area contributed by atoms with Gasteiger partial charge in [0.25, 0.3) is 5.91 Å². The highest BCUT2D eigenvalue weighted by Crippen LogP contribution is 2.21. The molecule has 1 aliphatic heterocycles. The molecule has 0 radical (unpaired) electrons. The van der Waals surface area contributed by atoms with Crippen LogP contribution in [-0.2, 0) is 0 Å². The number of primary amides is 1. The summed E-state index contributed by atoms with van der Waals surface area (Å²) in [5.74, 6) is 0.230. The van der Waals surface area contributed by atoms with Gasteiger partial charge in [-0.3, -0.25) is 9.78 Å². The second kappa shape index (κ2) is 6.02. The first kappa shape index (κ1) is 13.8. The lowest BCUT2D eigenvalue weighted by atomic mass is 9.98. The monoisotopic (exact) mass is 262 g/mol. The van der Waals surface area contributed by atoms with Crippen molar-refractivity contribution in [1.29, 1.82) is 0 Å². The molecule has 1 saturated heterocycles. The summed E-state index contributed by atoms with van der Waals surface area (Å²) in [4.78, 5) is 15.8. The van der Waals surface area contributed by atoms with Crippen LogP contribution >= 0.6 is 0 Å². The van der Waals surface area contributed by atoms with E-state index in [2.05, 4.69) is 15.6 Å². The van der Waals surface area contributed by atoms with E-state index in [1.807, 2.05) is 19.9 Å². The van der Waals surface area contributed by atoms with Crippen molar-refractivity contribution >= 4 is 11.6 Å². The van der Waals surface area contributed by atoms with Crippen LogP contribution in [-0.4, -0.2) is 30.5 Å². The fraction of sp³-hybridized carbons (Fsp3) is 0.571. The summed E-state index contributed by atoms with van der Waals surface area (Å²) in [5.41, 5.74) is 8.37. The van der Waals surface area contributed by atoms with Gasteiger partial charge in [0.05, 0.1) is 16.9 Å². The number of hydrogen-bond acceptors (Lipinski definition) is 4. The minimum Gasteiger partial charge on any atom is -0.384 e. The molecule has 1 amide bonds. The lowest BCUT2D eigenvalue weighted by Crippen LogP contribution is -2.31. The van der Waals surface area contributed by atoms with Crippen LogP contribution in [0.2, 0.25) is 0 Å². The van der Waals surface area contributed by atoms with Crippen LogP contribution in [0.25, 0.3) is 0 Å². The molecule has 0 saturated carbocycles. The van der Waals surface area contributed by atoms with Gasteiger partial charge in [-0.25, -0.2) is 0 Å². The Hall–Kier alpha value is -1.62. The van der Waals surface area contributed by atoms with Gasteiger partial charge in [0.1, 0.15) is 0 Å². The molecule has 104 valence electrons. The molecule has 0 spiro atoms. The average Bonchev–Trinajstić information content (AvgIpc) is 2.36. The van der Waals surface area contributed by atoms with E-state index in [1.165, 1.54) is 12.8 Å². The lowest BCUT2D eigenvalue weighted by Gasteiger charge is -2.24. The molecule has 5 heteroatoms. The van der Waals surface area contributed by atoms with Crippen molar-refractivity contribution in [2.45, 2.75) is 26.7 Å². The van der Waals surface area contributed by atoms with Crippen molar-refractivity contribution in [3.63, 3.8) is 0 Å². The number of carbonyl (C=O) groups is 1. The highest BCUT2D eigenvalue weighted by Gasteiger charge is 2.16. The van der Waals surface area contributed by atoms with Crippen LogP contribution < -0.4 is 16.4 Å². The molecule has 0 atom stereocenters. The molecular weight excluding hydrogens is 240 g/mol. The Morgan fingerprint density at radius 2 is 2.16 bits per heavy atom. The highest BCUT2D eigenvalue weighted by atomic mass is 16.1. The Labute approximate surface area is 114 Å². The summed E-state index contributed by atoms with van der Waals surface area (Å²) in [5, 5.41) is 6.73. The Kier molecular flexibility index (Phi) is 4.37. The molecule has 0 aromatic carbocycles. The number of aromatic nitrogens is 1. The van der Waals surface area contributed by atoms with Gasteiger partial charge in [-0.2, -0.15) is 0 Å². The van der Waals surface area contributed by atoms with Crippen LogP contribution in [0.15, 0.2) is 6.07 Å². The number of amides is 1. The first-order chi connectivity index (χ1) is 9.08. The largest absolute Gasteiger partial charge is 0.384 e. The SMILES string of the molecule is Cc1cc(NCC2CCNCC2)c(C(N)=O)c(C)n1. The van der Waals surface area contributed by atoms with Gasteiger partial charge in [0.2, 0.25) is 0 Å². The van der Waals surface area contributed by atoms with Gasteiger partial charge >= 0.3 is 0 Å². The maximum absolute atomic E-state index is 11.5. The number of rotatable bonds is 4. The molecule has 1 aliphatic rings. The van der Waals surface area contributed by atoms with Crippen LogP contribution in [0.5, 0.6) is 0 Å². The first-order valence-electron chi connectivity index (χ1n) is 6.80. The summed E-state index contributed by atoms with van der Waals surface area (Å²) >= 11 is 0. The first-order valence-corrected chi connectivity index (χ1v) is 6.80. The lowest BCUT2D eigenvalue weighted by molar-refractivity contribution is 0.1000. The maximum Gasteiger partial charge on any atom is 0.252 e. The van der Waals surface area contributed by atoms with Crippen molar-refractivity contribution in [3.05, 3.63) is 23.0 Å². The Balaban J connectivity index is 2.12. The number of nitrogens with two attached hydrogens (primary N) is 1. The van der Waals surface area contributed by atoms with Gasteiger partial charge in [-0.05, 0) is 51.8 Å². The van der Waals surface area contributed by atoms with E-state index in [4.69, 9.17) is 5.73 Å². The molecule has 1 aromatic rings. The molecule has 0 aliphatic carbocycles. The van der Waals surface area contributed by atoms with Crippen LogP contribution in [0.1, 0.15) is 34.6 Å². The Bertz CT molecular complexity index is 467. The van der Waals surface area contributed by atoms with Gasteiger partial charge in [0.15, 0.2) is 0 Å². The number of anilines is 1. The molecule has 0 unspecified atom stereocenters. The number of nitrogens with zero attached hydrogens (tertiary/aromatic N) is 1. The van der Waals surface area contributed by atoms with E-state index < -0.39 is 5.91 Å². The topological polar surface area (TPSA) is 80.0 Å². The third-order valence-electron chi connectivity index (χ3n) is 3.61. The van der Waals surface area contributed by atoms with E-state index >= 15 is 0 Å². The number of pyridine rings is 1. The maximum atomic E-state index is 11.5. The molecule has 19 heavy (non-hydrogen) atoms. The molecule has 4 N–H and O–H groups in total. The number of hydrogen-bond donors (Lipinski definition) is 3. The van der Waals surface area contributed by atoms with Crippen molar-refractivity contribution < 1.29 is 4.79 Å². The second-order valence-corrected chi connectivity index (χ2v) is 5.21. The quantitative estimate of drug-likeness (QED) is 0.762. The smallest absolute Gasteiger partial charge is 0.252 e. The third-order valence-corrected chi connectivity index (χ3v) is 3.61. The zero-order chi connectivity index (χ0) is 13.8. The molecule has 0 bridgehead atoms. The predicted molar refractivity (Wildman–Crippen MR) is 76.3 cm³/mol. The predicted octanol–water partition coefficient (Wildman–Crippen LogP) is 1.21. The molecule has 1 aromatic heterocycles. The van der Waals surface area contributed by atoms with E-state index in [-0.39, 0.29) is 0 Å². The summed E-state index contributed by atoms with van der Waals surface area (Å²) < 4.78 is 0. The average molecular weight is 262 g/mol. The summed E-state index contributed by atoms with van der Waals surface area (Å²) in [6.45, 7) is 6.77. The highest BCUT2D eigenvalue weighted by molar-refractivity contribution is 5.99. The van der Waals surface area contributed by atoms with Crippen molar-refractivity contribution in [2.24, 2.45) is 11.7 Å². The van der Waals surface area contributed by atoms with Crippen LogP contribution in [0.4, 0.5) is 5.69 Å². The molecule has 2 rings (SSSR count). The van der Waals surface area contributed by atoms with Crippen molar-refractivity contribution in [3.8, 4) is 0 Å². The van der Waals surface area contributed by atoms with Gasteiger partial charge in [0, 0.05) is 12.2 Å². The zero-order valence-electron chi connectivity index (χ0n) is 11.6. The van der Waals surface area contributed by atoms with Crippen LogP contribution in [0, 0.1) is 19.8 Å². The van der Waals surface area contributed by atoms with Gasteiger partial charge in [-0.1, -0.05) is 0 Å². The molecular formula is C14H22N4O. The number of nitrogens with one attached hydrogen (secondary N) is 2. The fourth-order valence-corrected chi connectivity index (χ4v) is 2.62. The van der Waals surface area contributed by atoms with Gasteiger partial charge < -0.3 is 16.4 Å². The molecule has 5 nitrogen and oxygen atoms in total. The van der Waals surface area contributed by atoms with E-state index in [0.29, 0.717) is 17.2 Å². The third kappa shape index (κ3) is 3.44. The normalized spacial score (nSPS) is 16.3. The van der Waals surface area contributed by atoms with E-state index in [9.17, 15) is 4.79 Å². The minimum atomic E-state index is -0.419. The summed E-state index contributed by atoms with van der Waals surface area (Å²) in [6, 6.07) is 1.90. The zero-order valence-corrected chi connectivity index (χ0v) is 11.6. The Morgan fingerprint density at radius 3 is 2.79 bits per heavy atom. The molecule has 1 fully saturated rings. The number of carbonyl (C=O) groups excluding carboxylic acids is 1. The minimum absolute atomic E-state index is 0.419. The van der Waals surface area contributed by atoms with Crippen LogP contribution in [0.3, 0.4) is 0 Å². The Morgan fingerprint density at radius 1 is 1.47 bits per heavy atom. The second-order valence-electron chi connectivity index (χ2n) is 5.21. The van der Waals surface area contributed by atoms with Gasteiger partial charge in [-0.15, -0.1) is 0 Å². The number of aryl methyl sites for hydroxylation is 2. The standard InChI is InChI=1S/C14H22N4O/c1-9-7-12(13(14(15)19)10(2)18-9)17-8-11-3-5-16-6-4-11/h7,11,16H,3-6,8H2,1-2H3,(H2,15,19)(H,17,18). The summed E-state index contributed by atoms with van der Waals surface area (Å²) in [7, 11) is 0. The molecule has 2 heterocycles. The fourth-order valence-electron chi connectivity index (χ4n) is 2.62. The van der Waals surface area contributed by atoms with Crippen molar-refractivity contribution in [2.75, 3.05) is 25.0 Å². The van der Waals surface area contributed by atoms with E-state index in [0.717, 1.165) is 31.0 Å². The van der Waals surface area contributed by atoms with Crippen molar-refractivity contribution in [1.82, 2.24) is 10.3 Å².